The molecule has 11 rings (SSSR count). The molecule has 0 atom stereocenters. The van der Waals surface area contributed by atoms with Crippen LogP contribution in [0.15, 0.2) is 200 Å². The van der Waals surface area contributed by atoms with Crippen LogP contribution in [-0.4, -0.2) is 14.5 Å². The third kappa shape index (κ3) is 5.50. The van der Waals surface area contributed by atoms with E-state index in [2.05, 4.69) is 199 Å². The van der Waals surface area contributed by atoms with Gasteiger partial charge in [-0.15, -0.1) is 11.3 Å². The summed E-state index contributed by atoms with van der Waals surface area (Å²) in [5.41, 5.74) is 13.1. The molecule has 0 unspecified atom stereocenters. The SMILES string of the molecule is c1ccc(-c2ccc3c(c2)c2c(-c4cccc(-c5nc(-c6ccccc6)cc(-c6ccc7c(c6)sc6ccccc67)n5)c4)cccc2n3-c2ccccc2)cc1. The molecular weight excluding hydrogens is 699 g/mol. The van der Waals surface area contributed by atoms with Crippen LogP contribution in [0.25, 0.3) is 104 Å². The largest absolute Gasteiger partial charge is 0.309 e. The molecule has 0 aliphatic heterocycles. The number of hydrogen-bond donors (Lipinski definition) is 0. The predicted octanol–water partition coefficient (Wildman–Crippen LogP) is 14.3. The molecule has 11 aromatic rings. The second-order valence-corrected chi connectivity index (χ2v) is 15.3. The normalized spacial score (nSPS) is 11.6. The van der Waals surface area contributed by atoms with E-state index in [-0.39, 0.29) is 0 Å². The fourth-order valence-electron chi connectivity index (χ4n) is 8.17. The van der Waals surface area contributed by atoms with E-state index in [0.717, 1.165) is 39.3 Å². The number of aromatic nitrogens is 3. The van der Waals surface area contributed by atoms with Crippen LogP contribution in [0, 0.1) is 0 Å². The van der Waals surface area contributed by atoms with Crippen LogP contribution in [0.4, 0.5) is 0 Å². The summed E-state index contributed by atoms with van der Waals surface area (Å²) in [5.74, 6) is 0.699. The minimum absolute atomic E-state index is 0.699. The van der Waals surface area contributed by atoms with Gasteiger partial charge < -0.3 is 4.57 Å². The molecule has 0 aliphatic carbocycles. The molecule has 0 spiro atoms. The lowest BCUT2D eigenvalue weighted by atomic mass is 9.96. The van der Waals surface area contributed by atoms with Crippen LogP contribution < -0.4 is 0 Å². The van der Waals surface area contributed by atoms with Crippen LogP contribution in [0.3, 0.4) is 0 Å². The van der Waals surface area contributed by atoms with Crippen molar-refractivity contribution in [1.82, 2.24) is 14.5 Å². The van der Waals surface area contributed by atoms with Crippen molar-refractivity contribution in [1.29, 1.82) is 0 Å². The summed E-state index contributed by atoms with van der Waals surface area (Å²) in [6.45, 7) is 0. The minimum atomic E-state index is 0.699. The molecule has 0 saturated heterocycles. The maximum Gasteiger partial charge on any atom is 0.160 e. The van der Waals surface area contributed by atoms with E-state index in [4.69, 9.17) is 9.97 Å². The molecule has 0 radical (unpaired) electrons. The van der Waals surface area contributed by atoms with Gasteiger partial charge in [0.25, 0.3) is 0 Å². The molecule has 56 heavy (non-hydrogen) atoms. The molecule has 3 nitrogen and oxygen atoms in total. The summed E-state index contributed by atoms with van der Waals surface area (Å²) in [6.07, 6.45) is 0. The number of fused-ring (bicyclic) bond motifs is 6. The quantitative estimate of drug-likeness (QED) is 0.170. The van der Waals surface area contributed by atoms with Crippen molar-refractivity contribution in [2.45, 2.75) is 0 Å². The lowest BCUT2D eigenvalue weighted by Crippen LogP contribution is -1.96. The van der Waals surface area contributed by atoms with Gasteiger partial charge in [-0.1, -0.05) is 146 Å². The number of hydrogen-bond acceptors (Lipinski definition) is 3. The Morgan fingerprint density at radius 3 is 1.82 bits per heavy atom. The van der Waals surface area contributed by atoms with Crippen LogP contribution in [0.2, 0.25) is 0 Å². The van der Waals surface area contributed by atoms with Gasteiger partial charge in [-0.2, -0.15) is 0 Å². The van der Waals surface area contributed by atoms with Crippen molar-refractivity contribution in [3.63, 3.8) is 0 Å². The Morgan fingerprint density at radius 2 is 1.00 bits per heavy atom. The van der Waals surface area contributed by atoms with Gasteiger partial charge in [0, 0.05) is 53.3 Å². The Morgan fingerprint density at radius 1 is 0.357 bits per heavy atom. The Hall–Kier alpha value is -7.14. The maximum absolute atomic E-state index is 5.29. The Balaban J connectivity index is 1.10. The third-order valence-electron chi connectivity index (χ3n) is 10.8. The highest BCUT2D eigenvalue weighted by Gasteiger charge is 2.19. The lowest BCUT2D eigenvalue weighted by Gasteiger charge is -2.11. The third-order valence-corrected chi connectivity index (χ3v) is 11.9. The molecule has 0 amide bonds. The molecule has 3 heterocycles. The molecule has 0 aliphatic rings. The molecule has 3 aromatic heterocycles. The van der Waals surface area contributed by atoms with Gasteiger partial charge in [0.2, 0.25) is 0 Å². The Kier molecular flexibility index (Phi) is 7.68. The summed E-state index contributed by atoms with van der Waals surface area (Å²) in [4.78, 5) is 10.5. The van der Waals surface area contributed by atoms with Gasteiger partial charge in [0.1, 0.15) is 0 Å². The van der Waals surface area contributed by atoms with Gasteiger partial charge in [-0.25, -0.2) is 9.97 Å². The number of benzene rings is 8. The summed E-state index contributed by atoms with van der Waals surface area (Å²) in [7, 11) is 0. The van der Waals surface area contributed by atoms with E-state index in [1.54, 1.807) is 0 Å². The molecule has 8 aromatic carbocycles. The van der Waals surface area contributed by atoms with E-state index < -0.39 is 0 Å². The molecule has 4 heteroatoms. The van der Waals surface area contributed by atoms with E-state index >= 15 is 0 Å². The highest BCUT2D eigenvalue weighted by Crippen LogP contribution is 2.41. The van der Waals surface area contributed by atoms with E-state index in [0.29, 0.717) is 5.82 Å². The van der Waals surface area contributed by atoms with Gasteiger partial charge >= 0.3 is 0 Å². The average molecular weight is 732 g/mol. The fraction of sp³-hybridized carbons (Fsp3) is 0. The van der Waals surface area contributed by atoms with Gasteiger partial charge in [-0.05, 0) is 76.9 Å². The number of thiophene rings is 1. The van der Waals surface area contributed by atoms with Crippen molar-refractivity contribution in [3.8, 4) is 61.8 Å². The first-order valence-corrected chi connectivity index (χ1v) is 19.7. The van der Waals surface area contributed by atoms with Gasteiger partial charge in [0.05, 0.1) is 22.4 Å². The average Bonchev–Trinajstić information content (AvgIpc) is 3.82. The smallest absolute Gasteiger partial charge is 0.160 e. The molecule has 0 N–H and O–H groups in total. The number of para-hydroxylation sites is 1. The van der Waals surface area contributed by atoms with E-state index in [1.165, 1.54) is 58.7 Å². The van der Waals surface area contributed by atoms with Crippen LogP contribution >= 0.6 is 11.3 Å². The Labute approximate surface area is 328 Å². The second-order valence-electron chi connectivity index (χ2n) is 14.2. The highest BCUT2D eigenvalue weighted by molar-refractivity contribution is 7.25. The van der Waals surface area contributed by atoms with Crippen LogP contribution in [0.1, 0.15) is 0 Å². The van der Waals surface area contributed by atoms with Gasteiger partial charge in [-0.3, -0.25) is 0 Å². The monoisotopic (exact) mass is 731 g/mol. The molecular formula is C52H33N3S. The van der Waals surface area contributed by atoms with Crippen molar-refractivity contribution in [3.05, 3.63) is 200 Å². The lowest BCUT2D eigenvalue weighted by molar-refractivity contribution is 1.18. The summed E-state index contributed by atoms with van der Waals surface area (Å²) in [6, 6.07) is 71.5. The zero-order chi connectivity index (χ0) is 37.0. The number of rotatable bonds is 6. The number of nitrogens with zero attached hydrogens (tertiary/aromatic N) is 3. The molecule has 0 saturated carbocycles. The fourth-order valence-corrected chi connectivity index (χ4v) is 9.31. The highest BCUT2D eigenvalue weighted by atomic mass is 32.1. The van der Waals surface area contributed by atoms with E-state index in [9.17, 15) is 0 Å². The summed E-state index contributed by atoms with van der Waals surface area (Å²) >= 11 is 1.83. The topological polar surface area (TPSA) is 30.7 Å². The summed E-state index contributed by atoms with van der Waals surface area (Å²) in [5, 5.41) is 5.01. The zero-order valence-corrected chi connectivity index (χ0v) is 31.1. The first kappa shape index (κ1) is 32.3. The first-order valence-electron chi connectivity index (χ1n) is 18.9. The van der Waals surface area contributed by atoms with Crippen molar-refractivity contribution < 1.29 is 0 Å². The van der Waals surface area contributed by atoms with Gasteiger partial charge in [0.15, 0.2) is 5.82 Å². The Bertz CT molecular complexity index is 3240. The van der Waals surface area contributed by atoms with Crippen molar-refractivity contribution in [2.75, 3.05) is 0 Å². The minimum Gasteiger partial charge on any atom is -0.309 e. The molecule has 262 valence electrons. The van der Waals surface area contributed by atoms with Crippen molar-refractivity contribution in [2.24, 2.45) is 0 Å². The second kappa shape index (κ2) is 13.3. The standard InChI is InChI=1S/C52H33N3S/c1-4-14-34(15-5-1)36-27-29-47-44(31-36)51-41(23-13-24-48(51)55(47)40-20-8-3-9-21-40)37-18-12-19-39(30-37)52-53-45(35-16-6-2-7-17-35)33-46(54-52)38-26-28-43-42-22-10-11-25-49(42)56-50(43)32-38/h1-33H. The zero-order valence-electron chi connectivity index (χ0n) is 30.3. The maximum atomic E-state index is 5.29. The molecule has 0 fully saturated rings. The predicted molar refractivity (Wildman–Crippen MR) is 236 cm³/mol. The summed E-state index contributed by atoms with van der Waals surface area (Å²) < 4.78 is 4.94. The first-order chi connectivity index (χ1) is 27.7. The van der Waals surface area contributed by atoms with Crippen LogP contribution in [0.5, 0.6) is 0 Å². The van der Waals surface area contributed by atoms with Crippen molar-refractivity contribution >= 4 is 53.3 Å². The van der Waals surface area contributed by atoms with E-state index in [1.807, 2.05) is 17.4 Å². The van der Waals surface area contributed by atoms with Crippen LogP contribution in [-0.2, 0) is 0 Å². The molecule has 0 bridgehead atoms.